The molecule has 2 rings (SSSR count). The number of hydrogen-bond acceptors (Lipinski definition) is 4. The van der Waals surface area contributed by atoms with Crippen LogP contribution in [0.15, 0.2) is 45.9 Å². The second-order valence-corrected chi connectivity index (χ2v) is 8.10. The third kappa shape index (κ3) is 4.69. The number of sulfonamides is 1. The molecule has 0 fully saturated rings. The normalized spacial score (nSPS) is 12.2. The molecule has 0 radical (unpaired) electrons. The molecule has 0 bridgehead atoms. The van der Waals surface area contributed by atoms with E-state index in [1.54, 1.807) is 26.8 Å². The van der Waals surface area contributed by atoms with Crippen molar-refractivity contribution in [1.29, 1.82) is 0 Å². The van der Waals surface area contributed by atoms with E-state index < -0.39 is 21.5 Å². The fraction of sp³-hybridized carbons (Fsp3) is 0.353. The Balaban J connectivity index is 2.16. The third-order valence-electron chi connectivity index (χ3n) is 3.10. The van der Waals surface area contributed by atoms with E-state index in [-0.39, 0.29) is 10.9 Å². The minimum absolute atomic E-state index is 0.0637. The van der Waals surface area contributed by atoms with Crippen molar-refractivity contribution < 1.29 is 17.6 Å². The van der Waals surface area contributed by atoms with Crippen LogP contribution < -0.4 is 10.0 Å². The smallest absolute Gasteiger partial charge is 0.291 e. The minimum atomic E-state index is -3.81. The van der Waals surface area contributed by atoms with E-state index in [0.717, 1.165) is 12.0 Å². The lowest BCUT2D eigenvalue weighted by molar-refractivity contribution is 0.0991. The number of benzene rings is 1. The number of nitrogens with one attached hydrogen (secondary N) is 2. The number of aryl methyl sites for hydroxylation is 1. The van der Waals surface area contributed by atoms with E-state index in [2.05, 4.69) is 10.0 Å². The van der Waals surface area contributed by atoms with Gasteiger partial charge >= 0.3 is 0 Å². The Labute approximate surface area is 142 Å². The first-order valence-electron chi connectivity index (χ1n) is 7.65. The van der Waals surface area contributed by atoms with Crippen LogP contribution in [0.4, 0.5) is 5.69 Å². The molecule has 0 atom stereocenters. The van der Waals surface area contributed by atoms with Crippen molar-refractivity contribution in [3.05, 3.63) is 47.7 Å². The molecule has 24 heavy (non-hydrogen) atoms. The molecule has 1 aromatic heterocycles. The Morgan fingerprint density at radius 2 is 1.88 bits per heavy atom. The van der Waals surface area contributed by atoms with Gasteiger partial charge in [-0.1, -0.05) is 19.1 Å². The molecule has 1 heterocycles. The van der Waals surface area contributed by atoms with Gasteiger partial charge in [0.1, 0.15) is 0 Å². The van der Waals surface area contributed by atoms with Gasteiger partial charge in [0.25, 0.3) is 15.9 Å². The van der Waals surface area contributed by atoms with Gasteiger partial charge in [0.05, 0.1) is 0 Å². The summed E-state index contributed by atoms with van der Waals surface area (Å²) in [5.41, 5.74) is 1.08. The van der Waals surface area contributed by atoms with E-state index in [4.69, 9.17) is 4.42 Å². The topological polar surface area (TPSA) is 88.4 Å². The molecule has 1 amide bonds. The summed E-state index contributed by atoms with van der Waals surface area (Å²) in [5, 5.41) is 2.41. The zero-order valence-electron chi connectivity index (χ0n) is 14.2. The predicted molar refractivity (Wildman–Crippen MR) is 92.6 cm³/mol. The largest absolute Gasteiger partial charge is 0.438 e. The first-order valence-corrected chi connectivity index (χ1v) is 9.13. The van der Waals surface area contributed by atoms with Crippen LogP contribution in [0, 0.1) is 0 Å². The first-order chi connectivity index (χ1) is 11.1. The molecule has 7 heteroatoms. The number of anilines is 1. The van der Waals surface area contributed by atoms with Crippen molar-refractivity contribution in [3.8, 4) is 0 Å². The zero-order valence-corrected chi connectivity index (χ0v) is 15.0. The first kappa shape index (κ1) is 18.2. The van der Waals surface area contributed by atoms with Crippen LogP contribution >= 0.6 is 0 Å². The maximum absolute atomic E-state index is 12.2. The highest BCUT2D eigenvalue weighted by molar-refractivity contribution is 7.89. The lowest BCUT2D eigenvalue weighted by Crippen LogP contribution is -2.40. The average molecular weight is 350 g/mol. The number of amides is 1. The molecular formula is C17H22N2O4S. The van der Waals surface area contributed by atoms with Crippen molar-refractivity contribution in [1.82, 2.24) is 4.72 Å². The molecule has 0 aliphatic heterocycles. The van der Waals surface area contributed by atoms with E-state index >= 15 is 0 Å². The highest BCUT2D eigenvalue weighted by Gasteiger charge is 2.26. The van der Waals surface area contributed by atoms with Crippen LogP contribution in [0.5, 0.6) is 0 Å². The standard InChI is InChI=1S/C17H22N2O4S/c1-5-12-7-6-8-13(11-12)18-16(20)14-9-10-15(23-14)24(21,22)19-17(2,3)4/h6-11,19H,5H2,1-4H3,(H,18,20). The van der Waals surface area contributed by atoms with Crippen LogP contribution in [-0.2, 0) is 16.4 Å². The van der Waals surface area contributed by atoms with Crippen LogP contribution in [0.3, 0.4) is 0 Å². The molecular weight excluding hydrogens is 328 g/mol. The molecule has 0 aliphatic carbocycles. The fourth-order valence-corrected chi connectivity index (χ4v) is 3.46. The van der Waals surface area contributed by atoms with Gasteiger partial charge in [-0.05, 0) is 57.0 Å². The molecule has 1 aromatic carbocycles. The van der Waals surface area contributed by atoms with Crippen molar-refractivity contribution in [3.63, 3.8) is 0 Å². The Morgan fingerprint density at radius 1 is 1.17 bits per heavy atom. The molecule has 130 valence electrons. The predicted octanol–water partition coefficient (Wildman–Crippen LogP) is 3.17. The minimum Gasteiger partial charge on any atom is -0.438 e. The van der Waals surface area contributed by atoms with Crippen LogP contribution in [0.1, 0.15) is 43.8 Å². The summed E-state index contributed by atoms with van der Waals surface area (Å²) >= 11 is 0. The number of rotatable bonds is 5. The van der Waals surface area contributed by atoms with Crippen LogP contribution in [-0.4, -0.2) is 19.9 Å². The van der Waals surface area contributed by atoms with Gasteiger partial charge in [0.15, 0.2) is 5.76 Å². The highest BCUT2D eigenvalue weighted by atomic mass is 32.2. The van der Waals surface area contributed by atoms with Gasteiger partial charge in [-0.3, -0.25) is 4.79 Å². The second kappa shape index (κ2) is 6.78. The molecule has 0 saturated heterocycles. The Bertz CT molecular complexity index is 832. The fourth-order valence-electron chi connectivity index (χ4n) is 2.10. The number of furan rings is 1. The summed E-state index contributed by atoms with van der Waals surface area (Å²) in [6, 6.07) is 10.0. The van der Waals surface area contributed by atoms with Gasteiger partial charge in [-0.2, -0.15) is 0 Å². The quantitative estimate of drug-likeness (QED) is 0.867. The molecule has 0 saturated carbocycles. The monoisotopic (exact) mass is 350 g/mol. The summed E-state index contributed by atoms with van der Waals surface area (Å²) in [5.74, 6) is -0.563. The molecule has 2 N–H and O–H groups in total. The second-order valence-electron chi connectivity index (χ2n) is 6.48. The summed E-state index contributed by atoms with van der Waals surface area (Å²) in [6.07, 6.45) is 0.853. The summed E-state index contributed by atoms with van der Waals surface area (Å²) in [7, 11) is -3.81. The number of carbonyl (C=O) groups excluding carboxylic acids is 1. The summed E-state index contributed by atoms with van der Waals surface area (Å²) < 4.78 is 32.1. The molecule has 6 nitrogen and oxygen atoms in total. The third-order valence-corrected chi connectivity index (χ3v) is 4.73. The van der Waals surface area contributed by atoms with E-state index in [1.165, 1.54) is 12.1 Å². The van der Waals surface area contributed by atoms with Gasteiger partial charge in [0, 0.05) is 11.2 Å². The number of hydrogen-bond donors (Lipinski definition) is 2. The zero-order chi connectivity index (χ0) is 18.0. The van der Waals surface area contributed by atoms with Gasteiger partial charge in [0.2, 0.25) is 5.09 Å². The Morgan fingerprint density at radius 3 is 2.50 bits per heavy atom. The molecule has 0 aliphatic rings. The van der Waals surface area contributed by atoms with E-state index in [9.17, 15) is 13.2 Å². The highest BCUT2D eigenvalue weighted by Crippen LogP contribution is 2.18. The number of carbonyl (C=O) groups is 1. The van der Waals surface area contributed by atoms with Crippen molar-refractivity contribution in [2.75, 3.05) is 5.32 Å². The maximum Gasteiger partial charge on any atom is 0.291 e. The Hall–Kier alpha value is -2.12. The lowest BCUT2D eigenvalue weighted by Gasteiger charge is -2.18. The van der Waals surface area contributed by atoms with Crippen molar-refractivity contribution in [2.24, 2.45) is 0 Å². The molecule has 0 unspecified atom stereocenters. The SMILES string of the molecule is CCc1cccc(NC(=O)c2ccc(S(=O)(=O)NC(C)(C)C)o2)c1. The molecule has 2 aromatic rings. The van der Waals surface area contributed by atoms with Crippen molar-refractivity contribution >= 4 is 21.6 Å². The summed E-state index contributed by atoms with van der Waals surface area (Å²) in [4.78, 5) is 12.2. The molecule has 0 spiro atoms. The van der Waals surface area contributed by atoms with E-state index in [1.807, 2.05) is 25.1 Å². The van der Waals surface area contributed by atoms with Crippen molar-refractivity contribution in [2.45, 2.75) is 44.7 Å². The van der Waals surface area contributed by atoms with Crippen LogP contribution in [0.2, 0.25) is 0 Å². The van der Waals surface area contributed by atoms with Gasteiger partial charge in [-0.25, -0.2) is 13.1 Å². The summed E-state index contributed by atoms with van der Waals surface area (Å²) in [6.45, 7) is 7.19. The van der Waals surface area contributed by atoms with Gasteiger partial charge < -0.3 is 9.73 Å². The maximum atomic E-state index is 12.2. The van der Waals surface area contributed by atoms with Crippen LogP contribution in [0.25, 0.3) is 0 Å². The average Bonchev–Trinajstić information content (AvgIpc) is 2.95. The van der Waals surface area contributed by atoms with E-state index in [0.29, 0.717) is 5.69 Å². The van der Waals surface area contributed by atoms with Gasteiger partial charge in [-0.15, -0.1) is 0 Å². The lowest BCUT2D eigenvalue weighted by atomic mass is 10.1. The Kier molecular flexibility index (Phi) is 5.15.